The molecule has 0 aliphatic heterocycles. The lowest BCUT2D eigenvalue weighted by Gasteiger charge is -2.28. The zero-order valence-corrected chi connectivity index (χ0v) is 11.0. The van der Waals surface area contributed by atoms with E-state index in [-0.39, 0.29) is 0 Å². The predicted molar refractivity (Wildman–Crippen MR) is 77.6 cm³/mol. The SMILES string of the molecule is CC=C1C(O)CCC(=c2cccc3c2=CC=C3)C1O. The van der Waals surface area contributed by atoms with Crippen LogP contribution in [-0.2, 0) is 0 Å². The fourth-order valence-electron chi connectivity index (χ4n) is 3.05. The maximum Gasteiger partial charge on any atom is 0.0994 e. The third-order valence-corrected chi connectivity index (χ3v) is 4.08. The van der Waals surface area contributed by atoms with E-state index in [1.165, 1.54) is 10.8 Å². The van der Waals surface area contributed by atoms with Gasteiger partial charge in [-0.2, -0.15) is 0 Å². The van der Waals surface area contributed by atoms with E-state index in [0.717, 1.165) is 22.8 Å². The summed E-state index contributed by atoms with van der Waals surface area (Å²) in [6.07, 6.45) is 8.30. The quantitative estimate of drug-likeness (QED) is 0.681. The van der Waals surface area contributed by atoms with Crippen LogP contribution in [0.4, 0.5) is 0 Å². The first-order valence-electron chi connectivity index (χ1n) is 6.75. The molecule has 19 heavy (non-hydrogen) atoms. The third kappa shape index (κ3) is 1.97. The molecule has 2 unspecified atom stereocenters. The topological polar surface area (TPSA) is 40.5 Å². The lowest BCUT2D eigenvalue weighted by atomic mass is 9.83. The lowest BCUT2D eigenvalue weighted by molar-refractivity contribution is 0.145. The summed E-state index contributed by atoms with van der Waals surface area (Å²) < 4.78 is 0. The minimum absolute atomic E-state index is 0.511. The molecule has 1 aromatic carbocycles. The largest absolute Gasteiger partial charge is 0.389 e. The molecule has 1 fully saturated rings. The number of allylic oxidation sites excluding steroid dienone is 2. The summed E-state index contributed by atoms with van der Waals surface area (Å²) in [7, 11) is 0. The number of fused-ring (bicyclic) bond motifs is 1. The van der Waals surface area contributed by atoms with Gasteiger partial charge in [0.25, 0.3) is 0 Å². The summed E-state index contributed by atoms with van der Waals surface area (Å²) in [6, 6.07) is 6.17. The highest BCUT2D eigenvalue weighted by atomic mass is 16.3. The molecule has 1 saturated carbocycles. The highest BCUT2D eigenvalue weighted by Crippen LogP contribution is 2.28. The molecule has 2 heteroatoms. The van der Waals surface area contributed by atoms with E-state index in [2.05, 4.69) is 24.3 Å². The molecule has 2 aliphatic carbocycles. The number of hydrogen-bond donors (Lipinski definition) is 2. The van der Waals surface area contributed by atoms with E-state index in [1.807, 2.05) is 25.1 Å². The second-order valence-corrected chi connectivity index (χ2v) is 5.11. The fraction of sp³-hybridized carbons (Fsp3) is 0.294. The summed E-state index contributed by atoms with van der Waals surface area (Å²) in [5, 5.41) is 22.7. The van der Waals surface area contributed by atoms with Gasteiger partial charge in [0, 0.05) is 0 Å². The standard InChI is InChI=1S/C17H18O2/c1-2-12-16(18)10-9-15(17(12)19)14-8-4-6-11-5-3-7-13(11)14/h2-8,16-19H,9-10H2,1H3. The molecule has 0 heterocycles. The summed E-state index contributed by atoms with van der Waals surface area (Å²) in [6.45, 7) is 1.87. The van der Waals surface area contributed by atoms with Crippen molar-refractivity contribution < 1.29 is 10.2 Å². The molecule has 98 valence electrons. The molecule has 0 amide bonds. The van der Waals surface area contributed by atoms with Gasteiger partial charge < -0.3 is 10.2 Å². The van der Waals surface area contributed by atoms with Crippen LogP contribution >= 0.6 is 0 Å². The van der Waals surface area contributed by atoms with Crippen LogP contribution in [0.15, 0.2) is 35.9 Å². The molecule has 1 aromatic rings. The monoisotopic (exact) mass is 254 g/mol. The minimum atomic E-state index is -0.658. The average Bonchev–Trinajstić information content (AvgIpc) is 2.88. The van der Waals surface area contributed by atoms with Crippen LogP contribution in [0.3, 0.4) is 0 Å². The van der Waals surface area contributed by atoms with E-state index in [1.54, 1.807) is 0 Å². The zero-order chi connectivity index (χ0) is 13.4. The summed E-state index contributed by atoms with van der Waals surface area (Å²) in [4.78, 5) is 0. The van der Waals surface area contributed by atoms with Gasteiger partial charge in [0.2, 0.25) is 0 Å². The maximum atomic E-state index is 10.5. The van der Waals surface area contributed by atoms with Crippen LogP contribution in [0.1, 0.15) is 25.3 Å². The van der Waals surface area contributed by atoms with Crippen molar-refractivity contribution in [2.75, 3.05) is 0 Å². The van der Waals surface area contributed by atoms with Crippen molar-refractivity contribution >= 4 is 17.7 Å². The molecule has 2 atom stereocenters. The van der Waals surface area contributed by atoms with E-state index >= 15 is 0 Å². The number of aliphatic hydroxyl groups is 2. The van der Waals surface area contributed by atoms with Crippen molar-refractivity contribution in [2.45, 2.75) is 32.0 Å². The average molecular weight is 254 g/mol. The molecule has 0 radical (unpaired) electrons. The van der Waals surface area contributed by atoms with Crippen LogP contribution in [0, 0.1) is 0 Å². The Kier molecular flexibility index (Phi) is 3.13. The van der Waals surface area contributed by atoms with E-state index in [9.17, 15) is 10.2 Å². The van der Waals surface area contributed by atoms with Gasteiger partial charge in [-0.15, -0.1) is 0 Å². The van der Waals surface area contributed by atoms with Crippen molar-refractivity contribution in [2.24, 2.45) is 0 Å². The lowest BCUT2D eigenvalue weighted by Crippen LogP contribution is -2.37. The molecule has 2 N–H and O–H groups in total. The maximum absolute atomic E-state index is 10.5. The van der Waals surface area contributed by atoms with E-state index in [4.69, 9.17) is 0 Å². The molecule has 2 aliphatic rings. The Morgan fingerprint density at radius 3 is 2.89 bits per heavy atom. The number of aliphatic hydroxyl groups excluding tert-OH is 2. The molecule has 0 saturated heterocycles. The Morgan fingerprint density at radius 1 is 1.26 bits per heavy atom. The van der Waals surface area contributed by atoms with Gasteiger partial charge >= 0.3 is 0 Å². The molecular formula is C17H18O2. The summed E-state index contributed by atoms with van der Waals surface area (Å²) in [5.74, 6) is 0. The summed E-state index contributed by atoms with van der Waals surface area (Å²) >= 11 is 0. The normalized spacial score (nSPS) is 30.4. The Balaban J connectivity index is 2.22. The first-order chi connectivity index (χ1) is 9.22. The molecule has 3 rings (SSSR count). The summed E-state index contributed by atoms with van der Waals surface area (Å²) in [5.41, 5.74) is 2.95. The molecular weight excluding hydrogens is 236 g/mol. The van der Waals surface area contributed by atoms with Gasteiger partial charge in [0.15, 0.2) is 0 Å². The highest BCUT2D eigenvalue weighted by molar-refractivity contribution is 5.69. The second kappa shape index (κ2) is 4.80. The van der Waals surface area contributed by atoms with Crippen LogP contribution in [0.5, 0.6) is 0 Å². The molecule has 2 nitrogen and oxygen atoms in total. The molecule has 0 aromatic heterocycles. The van der Waals surface area contributed by atoms with Gasteiger partial charge in [0.05, 0.1) is 12.2 Å². The Hall–Kier alpha value is -1.64. The minimum Gasteiger partial charge on any atom is -0.389 e. The highest BCUT2D eigenvalue weighted by Gasteiger charge is 2.28. The van der Waals surface area contributed by atoms with Crippen molar-refractivity contribution in [3.63, 3.8) is 0 Å². The second-order valence-electron chi connectivity index (χ2n) is 5.11. The van der Waals surface area contributed by atoms with E-state index < -0.39 is 12.2 Å². The van der Waals surface area contributed by atoms with Crippen LogP contribution in [-0.4, -0.2) is 22.4 Å². The van der Waals surface area contributed by atoms with Crippen LogP contribution in [0.2, 0.25) is 0 Å². The number of benzene rings is 1. The van der Waals surface area contributed by atoms with Crippen molar-refractivity contribution in [1.82, 2.24) is 0 Å². The van der Waals surface area contributed by atoms with Gasteiger partial charge in [0.1, 0.15) is 0 Å². The molecule has 0 bridgehead atoms. The zero-order valence-electron chi connectivity index (χ0n) is 11.0. The smallest absolute Gasteiger partial charge is 0.0994 e. The van der Waals surface area contributed by atoms with Gasteiger partial charge in [-0.05, 0) is 46.9 Å². The molecule has 0 spiro atoms. The fourth-order valence-corrected chi connectivity index (χ4v) is 3.05. The Bertz CT molecular complexity index is 680. The first kappa shape index (κ1) is 12.4. The Morgan fingerprint density at radius 2 is 2.11 bits per heavy atom. The van der Waals surface area contributed by atoms with Crippen LogP contribution < -0.4 is 10.4 Å². The van der Waals surface area contributed by atoms with Crippen molar-refractivity contribution in [3.8, 4) is 0 Å². The van der Waals surface area contributed by atoms with Gasteiger partial charge in [-0.25, -0.2) is 0 Å². The number of rotatable bonds is 0. The third-order valence-electron chi connectivity index (χ3n) is 4.08. The Labute approximate surface area is 112 Å². The number of hydrogen-bond acceptors (Lipinski definition) is 2. The van der Waals surface area contributed by atoms with Crippen LogP contribution in [0.25, 0.3) is 17.7 Å². The first-order valence-corrected chi connectivity index (χ1v) is 6.75. The predicted octanol–water partition coefficient (Wildman–Crippen LogP) is 1.11. The van der Waals surface area contributed by atoms with Crippen molar-refractivity contribution in [1.29, 1.82) is 0 Å². The van der Waals surface area contributed by atoms with E-state index in [0.29, 0.717) is 6.42 Å². The van der Waals surface area contributed by atoms with Crippen molar-refractivity contribution in [3.05, 3.63) is 51.9 Å². The van der Waals surface area contributed by atoms with Gasteiger partial charge in [-0.3, -0.25) is 0 Å². The van der Waals surface area contributed by atoms with Gasteiger partial charge in [-0.1, -0.05) is 42.5 Å².